The van der Waals surface area contributed by atoms with Crippen LogP contribution in [0.5, 0.6) is 0 Å². The van der Waals surface area contributed by atoms with Crippen LogP contribution in [-0.2, 0) is 16.0 Å². The molecule has 1 fully saturated rings. The molecule has 2 rings (SSSR count). The monoisotopic (exact) mass is 262 g/mol. The van der Waals surface area contributed by atoms with Gasteiger partial charge in [0.1, 0.15) is 6.61 Å². The Balaban J connectivity index is 1.75. The molecule has 19 heavy (non-hydrogen) atoms. The molecule has 4 nitrogen and oxygen atoms in total. The summed E-state index contributed by atoms with van der Waals surface area (Å²) >= 11 is 0. The van der Waals surface area contributed by atoms with Gasteiger partial charge < -0.3 is 9.64 Å². The summed E-state index contributed by atoms with van der Waals surface area (Å²) in [6.07, 6.45) is 6.96. The molecule has 0 radical (unpaired) electrons. The minimum Gasteiger partial charge on any atom is -0.372 e. The molecule has 104 valence electrons. The molecule has 0 aromatic carbocycles. The molecule has 0 unspecified atom stereocenters. The summed E-state index contributed by atoms with van der Waals surface area (Å²) in [7, 11) is 0. The van der Waals surface area contributed by atoms with Crippen molar-refractivity contribution in [1.29, 1.82) is 0 Å². The van der Waals surface area contributed by atoms with E-state index in [0.29, 0.717) is 12.5 Å². The quantitative estimate of drug-likeness (QED) is 0.814. The highest BCUT2D eigenvalue weighted by Crippen LogP contribution is 2.21. The number of hydrogen-bond donors (Lipinski definition) is 0. The first-order valence-electron chi connectivity index (χ1n) is 7.04. The summed E-state index contributed by atoms with van der Waals surface area (Å²) in [5.41, 5.74) is 1.29. The van der Waals surface area contributed by atoms with Crippen LogP contribution >= 0.6 is 0 Å². The Hall–Kier alpha value is -1.42. The lowest BCUT2D eigenvalue weighted by Gasteiger charge is -2.32. The predicted molar refractivity (Wildman–Crippen MR) is 73.7 cm³/mol. The van der Waals surface area contributed by atoms with Gasteiger partial charge in [-0.15, -0.1) is 0 Å². The van der Waals surface area contributed by atoms with Gasteiger partial charge in [0.2, 0.25) is 5.91 Å². The second-order valence-electron chi connectivity index (χ2n) is 5.03. The molecule has 1 aromatic heterocycles. The molecule has 0 bridgehead atoms. The Bertz CT molecular complexity index is 386. The fourth-order valence-electron chi connectivity index (χ4n) is 2.52. The minimum absolute atomic E-state index is 0.127. The molecule has 1 saturated heterocycles. The van der Waals surface area contributed by atoms with E-state index >= 15 is 0 Å². The van der Waals surface area contributed by atoms with Gasteiger partial charge in [-0.25, -0.2) is 0 Å². The smallest absolute Gasteiger partial charge is 0.248 e. The van der Waals surface area contributed by atoms with Crippen molar-refractivity contribution < 1.29 is 9.53 Å². The van der Waals surface area contributed by atoms with E-state index in [0.717, 1.165) is 32.4 Å². The van der Waals surface area contributed by atoms with Crippen LogP contribution in [-0.4, -0.2) is 42.1 Å². The summed E-state index contributed by atoms with van der Waals surface area (Å²) in [4.78, 5) is 17.9. The Morgan fingerprint density at radius 2 is 2.26 bits per heavy atom. The number of pyridine rings is 1. The number of likely N-dealkylation sites (tertiary alicyclic amines) is 1. The maximum Gasteiger partial charge on any atom is 0.248 e. The van der Waals surface area contributed by atoms with Gasteiger partial charge >= 0.3 is 0 Å². The summed E-state index contributed by atoms with van der Waals surface area (Å²) in [6.45, 7) is 4.45. The lowest BCUT2D eigenvalue weighted by molar-refractivity contribution is -0.137. The largest absolute Gasteiger partial charge is 0.372 e. The van der Waals surface area contributed by atoms with Crippen LogP contribution in [0.1, 0.15) is 25.3 Å². The van der Waals surface area contributed by atoms with E-state index < -0.39 is 0 Å². The average molecular weight is 262 g/mol. The highest BCUT2D eigenvalue weighted by molar-refractivity contribution is 5.77. The second-order valence-corrected chi connectivity index (χ2v) is 5.03. The zero-order chi connectivity index (χ0) is 13.5. The van der Waals surface area contributed by atoms with Crippen molar-refractivity contribution in [1.82, 2.24) is 9.88 Å². The van der Waals surface area contributed by atoms with Crippen molar-refractivity contribution in [2.24, 2.45) is 5.92 Å². The Labute approximate surface area is 114 Å². The summed E-state index contributed by atoms with van der Waals surface area (Å²) in [5, 5.41) is 0. The number of hydrogen-bond acceptors (Lipinski definition) is 3. The lowest BCUT2D eigenvalue weighted by Crippen LogP contribution is -2.40. The third kappa shape index (κ3) is 4.31. The minimum atomic E-state index is 0.127. The SMILES string of the molecule is CCOCC(=O)N1CCC(Cc2cccnc2)CC1. The highest BCUT2D eigenvalue weighted by atomic mass is 16.5. The molecule has 0 N–H and O–H groups in total. The van der Waals surface area contributed by atoms with Crippen molar-refractivity contribution in [3.63, 3.8) is 0 Å². The maximum absolute atomic E-state index is 11.8. The number of amides is 1. The van der Waals surface area contributed by atoms with E-state index in [1.54, 1.807) is 6.20 Å². The second kappa shape index (κ2) is 7.24. The van der Waals surface area contributed by atoms with Crippen LogP contribution in [0.15, 0.2) is 24.5 Å². The van der Waals surface area contributed by atoms with Crippen molar-refractivity contribution in [3.05, 3.63) is 30.1 Å². The Morgan fingerprint density at radius 3 is 2.89 bits per heavy atom. The molecular weight excluding hydrogens is 240 g/mol. The first-order chi connectivity index (χ1) is 9.29. The van der Waals surface area contributed by atoms with Gasteiger partial charge in [0, 0.05) is 32.1 Å². The fraction of sp³-hybridized carbons (Fsp3) is 0.600. The van der Waals surface area contributed by atoms with Crippen LogP contribution in [0.25, 0.3) is 0 Å². The van der Waals surface area contributed by atoms with Gasteiger partial charge in [0.05, 0.1) is 0 Å². The summed E-state index contributed by atoms with van der Waals surface area (Å²) in [5.74, 6) is 0.794. The number of ether oxygens (including phenoxy) is 1. The predicted octanol–water partition coefficient (Wildman–Crippen LogP) is 1.90. The number of rotatable bonds is 5. The van der Waals surface area contributed by atoms with Crippen LogP contribution in [0, 0.1) is 5.92 Å². The third-order valence-electron chi connectivity index (χ3n) is 3.64. The number of nitrogens with zero attached hydrogens (tertiary/aromatic N) is 2. The number of piperidine rings is 1. The standard InChI is InChI=1S/C15H22N2O2/c1-2-19-12-15(18)17-8-5-13(6-9-17)10-14-4-3-7-16-11-14/h3-4,7,11,13H,2,5-6,8-10,12H2,1H3. The normalized spacial score (nSPS) is 16.6. The van der Waals surface area contributed by atoms with Crippen LogP contribution in [0.3, 0.4) is 0 Å². The molecule has 1 aliphatic rings. The van der Waals surface area contributed by atoms with Gasteiger partial charge in [-0.2, -0.15) is 0 Å². The van der Waals surface area contributed by atoms with Crippen LogP contribution in [0.2, 0.25) is 0 Å². The first-order valence-corrected chi connectivity index (χ1v) is 7.04. The zero-order valence-electron chi connectivity index (χ0n) is 11.5. The first kappa shape index (κ1) is 14.0. The van der Waals surface area contributed by atoms with Gasteiger partial charge in [0.15, 0.2) is 0 Å². The fourth-order valence-corrected chi connectivity index (χ4v) is 2.52. The molecule has 1 aromatic rings. The molecule has 0 atom stereocenters. The molecule has 1 amide bonds. The van der Waals surface area contributed by atoms with E-state index in [9.17, 15) is 4.79 Å². The zero-order valence-corrected chi connectivity index (χ0v) is 11.5. The van der Waals surface area contributed by atoms with E-state index in [1.165, 1.54) is 5.56 Å². The van der Waals surface area contributed by atoms with E-state index in [4.69, 9.17) is 4.74 Å². The molecule has 4 heteroatoms. The number of carbonyl (C=O) groups is 1. The van der Waals surface area contributed by atoms with Gasteiger partial charge in [-0.3, -0.25) is 9.78 Å². The number of aromatic nitrogens is 1. The molecule has 2 heterocycles. The van der Waals surface area contributed by atoms with E-state index in [2.05, 4.69) is 11.1 Å². The van der Waals surface area contributed by atoms with Crippen molar-refractivity contribution in [2.75, 3.05) is 26.3 Å². The van der Waals surface area contributed by atoms with E-state index in [-0.39, 0.29) is 12.5 Å². The van der Waals surface area contributed by atoms with Gasteiger partial charge in [0.25, 0.3) is 0 Å². The van der Waals surface area contributed by atoms with E-state index in [1.807, 2.05) is 24.1 Å². The Kier molecular flexibility index (Phi) is 5.33. The van der Waals surface area contributed by atoms with Crippen molar-refractivity contribution in [3.8, 4) is 0 Å². The Morgan fingerprint density at radius 1 is 1.47 bits per heavy atom. The van der Waals surface area contributed by atoms with Gasteiger partial charge in [-0.05, 0) is 43.7 Å². The summed E-state index contributed by atoms with van der Waals surface area (Å²) in [6, 6.07) is 4.11. The molecular formula is C15H22N2O2. The molecule has 0 saturated carbocycles. The van der Waals surface area contributed by atoms with Crippen LogP contribution < -0.4 is 0 Å². The topological polar surface area (TPSA) is 42.4 Å². The third-order valence-corrected chi connectivity index (χ3v) is 3.64. The summed E-state index contributed by atoms with van der Waals surface area (Å²) < 4.78 is 5.17. The molecule has 1 aliphatic heterocycles. The average Bonchev–Trinajstić information content (AvgIpc) is 2.46. The van der Waals surface area contributed by atoms with Crippen molar-refractivity contribution >= 4 is 5.91 Å². The highest BCUT2D eigenvalue weighted by Gasteiger charge is 2.22. The van der Waals surface area contributed by atoms with Crippen molar-refractivity contribution in [2.45, 2.75) is 26.2 Å². The van der Waals surface area contributed by atoms with Gasteiger partial charge in [-0.1, -0.05) is 6.07 Å². The number of carbonyl (C=O) groups excluding carboxylic acids is 1. The molecule has 0 aliphatic carbocycles. The maximum atomic E-state index is 11.8. The lowest BCUT2D eigenvalue weighted by atomic mass is 9.91. The van der Waals surface area contributed by atoms with Crippen LogP contribution in [0.4, 0.5) is 0 Å². The molecule has 0 spiro atoms.